The lowest BCUT2D eigenvalue weighted by Gasteiger charge is -2.28. The van der Waals surface area contributed by atoms with E-state index in [0.29, 0.717) is 13.2 Å². The molecule has 4 aromatic carbocycles. The van der Waals surface area contributed by atoms with Crippen molar-refractivity contribution in [1.82, 2.24) is 0 Å². The van der Waals surface area contributed by atoms with Gasteiger partial charge >= 0.3 is 11.9 Å². The third-order valence-electron chi connectivity index (χ3n) is 8.53. The molecule has 0 unspecified atom stereocenters. The summed E-state index contributed by atoms with van der Waals surface area (Å²) in [5.74, 6) is -0.596. The van der Waals surface area contributed by atoms with Crippen LogP contribution >= 0.6 is 0 Å². The normalized spacial score (nSPS) is 13.0. The molecular formula is C41H43NO4. The summed E-state index contributed by atoms with van der Waals surface area (Å²) in [6.45, 7) is 9.01. The van der Waals surface area contributed by atoms with Crippen LogP contribution in [0.15, 0.2) is 115 Å². The second-order valence-electron chi connectivity index (χ2n) is 12.1. The van der Waals surface area contributed by atoms with Crippen LogP contribution in [0.5, 0.6) is 0 Å². The Morgan fingerprint density at radius 3 is 1.63 bits per heavy atom. The molecule has 0 saturated carbocycles. The minimum Gasteiger partial charge on any atom is -0.463 e. The number of hydrogen-bond donors (Lipinski definition) is 0. The molecule has 0 atom stereocenters. The number of allylic oxidation sites excluding steroid dienone is 2. The van der Waals surface area contributed by atoms with E-state index in [-0.39, 0.29) is 17.4 Å². The van der Waals surface area contributed by atoms with E-state index in [2.05, 4.69) is 110 Å². The Morgan fingerprint density at radius 1 is 0.630 bits per heavy atom. The Kier molecular flexibility index (Phi) is 10.5. The number of aryl methyl sites for hydroxylation is 2. The van der Waals surface area contributed by atoms with E-state index in [4.69, 9.17) is 9.47 Å². The summed E-state index contributed by atoms with van der Waals surface area (Å²) in [6, 6.07) is 32.8. The van der Waals surface area contributed by atoms with Gasteiger partial charge in [0.05, 0.1) is 13.2 Å². The van der Waals surface area contributed by atoms with Crippen molar-refractivity contribution in [2.24, 2.45) is 0 Å². The van der Waals surface area contributed by atoms with Gasteiger partial charge in [0.15, 0.2) is 0 Å². The monoisotopic (exact) mass is 613 g/mol. The fraction of sp³-hybridized carbons (Fsp3) is 0.268. The largest absolute Gasteiger partial charge is 0.463 e. The molecular weight excluding hydrogens is 570 g/mol. The number of fused-ring (bicyclic) bond motifs is 3. The smallest absolute Gasteiger partial charge is 0.330 e. The standard InChI is InChI=1S/C41H43NO4/c1-5-11-39(43)45-27-9-13-30-17-21-32(22-18-30)42(33-23-19-31(20-24-33)14-10-28-46-40(44)12-6-2)34-25-26-36-35-15-7-8-16-37(35)41(3,4)38(36)29-34/h5-8,11-12,15-26,29H,9-10,13-14,27-28H2,1-4H3. The lowest BCUT2D eigenvalue weighted by atomic mass is 9.82. The van der Waals surface area contributed by atoms with Crippen molar-refractivity contribution in [3.8, 4) is 11.1 Å². The predicted octanol–water partition coefficient (Wildman–Crippen LogP) is 9.57. The second-order valence-corrected chi connectivity index (χ2v) is 12.1. The highest BCUT2D eigenvalue weighted by atomic mass is 16.5. The highest BCUT2D eigenvalue weighted by Crippen LogP contribution is 2.50. The molecule has 0 heterocycles. The minimum absolute atomic E-state index is 0.103. The molecule has 5 heteroatoms. The number of rotatable bonds is 13. The highest BCUT2D eigenvalue weighted by Gasteiger charge is 2.35. The predicted molar refractivity (Wildman–Crippen MR) is 187 cm³/mol. The quantitative estimate of drug-likeness (QED) is 0.0854. The van der Waals surface area contributed by atoms with Gasteiger partial charge in [0.1, 0.15) is 0 Å². The Bertz CT molecular complexity index is 1640. The summed E-state index contributed by atoms with van der Waals surface area (Å²) in [7, 11) is 0. The van der Waals surface area contributed by atoms with Gasteiger partial charge in [0.25, 0.3) is 0 Å². The summed E-state index contributed by atoms with van der Waals surface area (Å²) in [5.41, 5.74) is 10.8. The zero-order valence-electron chi connectivity index (χ0n) is 27.3. The van der Waals surface area contributed by atoms with E-state index < -0.39 is 0 Å². The molecule has 0 bridgehead atoms. The van der Waals surface area contributed by atoms with E-state index in [0.717, 1.165) is 42.7 Å². The Balaban J connectivity index is 1.39. The molecule has 0 radical (unpaired) electrons. The Hall–Kier alpha value is -4.90. The molecule has 236 valence electrons. The van der Waals surface area contributed by atoms with Gasteiger partial charge in [-0.2, -0.15) is 0 Å². The van der Waals surface area contributed by atoms with Crippen molar-refractivity contribution < 1.29 is 19.1 Å². The van der Waals surface area contributed by atoms with Crippen molar-refractivity contribution in [2.45, 2.75) is 58.8 Å². The van der Waals surface area contributed by atoms with E-state index in [1.165, 1.54) is 45.5 Å². The Labute approximate surface area is 273 Å². The first-order chi connectivity index (χ1) is 22.3. The second kappa shape index (κ2) is 14.9. The van der Waals surface area contributed by atoms with E-state index in [1.807, 2.05) is 0 Å². The first-order valence-corrected chi connectivity index (χ1v) is 16.1. The van der Waals surface area contributed by atoms with E-state index in [1.54, 1.807) is 26.0 Å². The van der Waals surface area contributed by atoms with E-state index >= 15 is 0 Å². The summed E-state index contributed by atoms with van der Waals surface area (Å²) >= 11 is 0. The summed E-state index contributed by atoms with van der Waals surface area (Å²) < 4.78 is 10.5. The van der Waals surface area contributed by atoms with Gasteiger partial charge in [-0.05, 0) is 109 Å². The van der Waals surface area contributed by atoms with Crippen molar-refractivity contribution in [3.63, 3.8) is 0 Å². The molecule has 4 aromatic rings. The van der Waals surface area contributed by atoms with E-state index in [9.17, 15) is 9.59 Å². The van der Waals surface area contributed by atoms with Crippen LogP contribution in [-0.4, -0.2) is 25.2 Å². The molecule has 0 N–H and O–H groups in total. The van der Waals surface area contributed by atoms with Crippen LogP contribution in [0, 0.1) is 0 Å². The number of carbonyl (C=O) groups excluding carboxylic acids is 2. The highest BCUT2D eigenvalue weighted by molar-refractivity contribution is 5.85. The third-order valence-corrected chi connectivity index (χ3v) is 8.53. The van der Waals surface area contributed by atoms with Gasteiger partial charge < -0.3 is 14.4 Å². The fourth-order valence-corrected chi connectivity index (χ4v) is 6.17. The maximum absolute atomic E-state index is 11.6. The zero-order chi connectivity index (χ0) is 32.5. The van der Waals surface area contributed by atoms with Crippen LogP contribution in [0.25, 0.3) is 11.1 Å². The molecule has 46 heavy (non-hydrogen) atoms. The number of ether oxygens (including phenoxy) is 2. The number of anilines is 3. The van der Waals surface area contributed by atoms with Crippen LogP contribution in [0.2, 0.25) is 0 Å². The van der Waals surface area contributed by atoms with Gasteiger partial charge in [-0.25, -0.2) is 9.59 Å². The maximum atomic E-state index is 11.6. The molecule has 5 rings (SSSR count). The molecule has 0 saturated heterocycles. The molecule has 0 amide bonds. The topological polar surface area (TPSA) is 55.8 Å². The van der Waals surface area contributed by atoms with Crippen LogP contribution in [0.3, 0.4) is 0 Å². The molecule has 0 fully saturated rings. The lowest BCUT2D eigenvalue weighted by Crippen LogP contribution is -2.16. The zero-order valence-corrected chi connectivity index (χ0v) is 27.3. The van der Waals surface area contributed by atoms with Crippen LogP contribution in [0.4, 0.5) is 17.1 Å². The summed E-state index contributed by atoms with van der Waals surface area (Å²) in [6.07, 6.45) is 9.45. The molecule has 0 spiro atoms. The minimum atomic E-state index is -0.298. The first-order valence-electron chi connectivity index (χ1n) is 16.1. The van der Waals surface area contributed by atoms with Crippen LogP contribution in [0.1, 0.15) is 62.8 Å². The lowest BCUT2D eigenvalue weighted by molar-refractivity contribution is -0.138. The number of benzene rings is 4. The van der Waals surface area contributed by atoms with Crippen LogP contribution in [-0.2, 0) is 37.3 Å². The van der Waals surface area contributed by atoms with Crippen molar-refractivity contribution in [1.29, 1.82) is 0 Å². The average molecular weight is 614 g/mol. The van der Waals surface area contributed by atoms with Crippen molar-refractivity contribution >= 4 is 29.0 Å². The van der Waals surface area contributed by atoms with Gasteiger partial charge in [-0.3, -0.25) is 0 Å². The van der Waals surface area contributed by atoms with Crippen molar-refractivity contribution in [3.05, 3.63) is 138 Å². The summed E-state index contributed by atoms with van der Waals surface area (Å²) in [4.78, 5) is 25.5. The van der Waals surface area contributed by atoms with Crippen LogP contribution < -0.4 is 4.90 Å². The molecule has 5 nitrogen and oxygen atoms in total. The Morgan fingerprint density at radius 2 is 1.11 bits per heavy atom. The number of carbonyl (C=O) groups is 2. The molecule has 0 aromatic heterocycles. The maximum Gasteiger partial charge on any atom is 0.330 e. The van der Waals surface area contributed by atoms with Crippen molar-refractivity contribution in [2.75, 3.05) is 18.1 Å². The SMILES string of the molecule is CC=CC(=O)OCCCc1ccc(N(c2ccc(CCCOC(=O)C=CC)cc2)c2ccc3c(c2)C(C)(C)c2ccccc2-3)cc1. The summed E-state index contributed by atoms with van der Waals surface area (Å²) in [5, 5.41) is 0. The molecule has 0 aliphatic heterocycles. The van der Waals surface area contributed by atoms with Gasteiger partial charge in [-0.1, -0.05) is 80.6 Å². The number of nitrogens with zero attached hydrogens (tertiary/aromatic N) is 1. The number of hydrogen-bond acceptors (Lipinski definition) is 5. The fourth-order valence-electron chi connectivity index (χ4n) is 6.17. The van der Waals surface area contributed by atoms with Gasteiger partial charge in [0.2, 0.25) is 0 Å². The van der Waals surface area contributed by atoms with Gasteiger partial charge in [-0.15, -0.1) is 0 Å². The van der Waals surface area contributed by atoms with Gasteiger partial charge in [0, 0.05) is 34.6 Å². The first kappa shape index (κ1) is 32.5. The number of esters is 2. The third kappa shape index (κ3) is 7.48. The molecule has 1 aliphatic carbocycles. The average Bonchev–Trinajstić information content (AvgIpc) is 3.29. The molecule has 1 aliphatic rings.